The van der Waals surface area contributed by atoms with E-state index < -0.39 is 6.04 Å². The fraction of sp³-hybridized carbons (Fsp3) is 0.308. The molecule has 2 aromatic carbocycles. The van der Waals surface area contributed by atoms with Crippen molar-refractivity contribution in [3.63, 3.8) is 0 Å². The summed E-state index contributed by atoms with van der Waals surface area (Å²) in [7, 11) is 2.10. The normalized spacial score (nSPS) is 16.0. The molecule has 5 rings (SSSR count). The Bertz CT molecular complexity index is 1300. The summed E-state index contributed by atoms with van der Waals surface area (Å²) in [5.41, 5.74) is 3.56. The van der Waals surface area contributed by atoms with E-state index in [-0.39, 0.29) is 11.9 Å². The number of rotatable bonds is 5. The summed E-state index contributed by atoms with van der Waals surface area (Å²) in [5.74, 6) is -0.0800. The molecule has 0 spiro atoms. The van der Waals surface area contributed by atoms with E-state index in [1.807, 2.05) is 67.6 Å². The Labute approximate surface area is 203 Å². The molecule has 1 aliphatic heterocycles. The zero-order valence-corrected chi connectivity index (χ0v) is 20.0. The Kier molecular flexibility index (Phi) is 6.30. The van der Waals surface area contributed by atoms with Gasteiger partial charge in [0, 0.05) is 17.2 Å². The summed E-state index contributed by atoms with van der Waals surface area (Å²) in [4.78, 5) is 15.5. The smallest absolute Gasteiger partial charge is 0.244 e. The summed E-state index contributed by atoms with van der Waals surface area (Å²) >= 11 is 6.94. The fourth-order valence-electron chi connectivity index (χ4n) is 4.42. The minimum Gasteiger partial charge on any atom is -0.351 e. The Hall–Kier alpha value is -3.29. The van der Waals surface area contributed by atoms with Gasteiger partial charge in [0.1, 0.15) is 17.4 Å². The number of amides is 1. The second-order valence-corrected chi connectivity index (χ2v) is 9.23. The molecule has 1 amide bonds. The van der Waals surface area contributed by atoms with Gasteiger partial charge in [-0.25, -0.2) is 4.68 Å². The van der Waals surface area contributed by atoms with Gasteiger partial charge in [0.25, 0.3) is 0 Å². The lowest BCUT2D eigenvalue weighted by atomic mass is 10.1. The molecule has 0 aliphatic carbocycles. The number of carbonyl (C=O) groups excluding carboxylic acids is 1. The number of benzene rings is 2. The van der Waals surface area contributed by atoms with Crippen molar-refractivity contribution in [1.29, 1.82) is 0 Å². The van der Waals surface area contributed by atoms with Crippen molar-refractivity contribution in [2.75, 3.05) is 20.1 Å². The number of nitrogens with zero attached hydrogens (tertiary/aromatic N) is 5. The van der Waals surface area contributed by atoms with Crippen molar-refractivity contribution in [2.24, 2.45) is 0 Å². The quantitative estimate of drug-likeness (QED) is 0.458. The minimum atomic E-state index is -0.562. The van der Waals surface area contributed by atoms with Crippen molar-refractivity contribution in [3.8, 4) is 22.5 Å². The molecule has 2 aromatic heterocycles. The maximum Gasteiger partial charge on any atom is 0.244 e. The SMILES string of the molecule is CC(C(=O)NC1CCN(C)CC1)n1nc(-c2ccccc2)c2c(Cl)c(-c3ccccc3)nnc21. The van der Waals surface area contributed by atoms with Crippen molar-refractivity contribution in [1.82, 2.24) is 30.2 Å². The number of carbonyl (C=O) groups is 1. The summed E-state index contributed by atoms with van der Waals surface area (Å²) in [6.45, 7) is 3.79. The molecule has 34 heavy (non-hydrogen) atoms. The fourth-order valence-corrected chi connectivity index (χ4v) is 4.74. The van der Waals surface area contributed by atoms with Gasteiger partial charge in [-0.15, -0.1) is 10.2 Å². The van der Waals surface area contributed by atoms with Gasteiger partial charge in [-0.2, -0.15) is 5.10 Å². The predicted molar refractivity (Wildman–Crippen MR) is 135 cm³/mol. The highest BCUT2D eigenvalue weighted by atomic mass is 35.5. The molecule has 1 saturated heterocycles. The third-order valence-electron chi connectivity index (χ3n) is 6.46. The van der Waals surface area contributed by atoms with Crippen LogP contribution in [0.15, 0.2) is 60.7 Å². The maximum atomic E-state index is 13.2. The molecule has 0 bridgehead atoms. The third-order valence-corrected chi connectivity index (χ3v) is 6.83. The van der Waals surface area contributed by atoms with Crippen molar-refractivity contribution in [2.45, 2.75) is 31.8 Å². The summed E-state index contributed by atoms with van der Waals surface area (Å²) in [5, 5.41) is 18.1. The molecule has 3 heterocycles. The number of fused-ring (bicyclic) bond motifs is 1. The summed E-state index contributed by atoms with van der Waals surface area (Å²) < 4.78 is 1.65. The van der Waals surface area contributed by atoms with E-state index in [1.54, 1.807) is 4.68 Å². The molecule has 1 atom stereocenters. The molecule has 0 radical (unpaired) electrons. The van der Waals surface area contributed by atoms with E-state index in [9.17, 15) is 4.79 Å². The van der Waals surface area contributed by atoms with Crippen LogP contribution in [0.2, 0.25) is 5.02 Å². The first-order chi connectivity index (χ1) is 16.5. The van der Waals surface area contributed by atoms with Crippen LogP contribution in [-0.4, -0.2) is 57.0 Å². The molecular weight excluding hydrogens is 448 g/mol. The topological polar surface area (TPSA) is 75.9 Å². The average Bonchev–Trinajstić information content (AvgIpc) is 3.27. The molecule has 0 saturated carbocycles. The molecule has 174 valence electrons. The van der Waals surface area contributed by atoms with Gasteiger partial charge >= 0.3 is 0 Å². The van der Waals surface area contributed by atoms with Gasteiger partial charge in [0.15, 0.2) is 5.65 Å². The van der Waals surface area contributed by atoms with E-state index in [0.717, 1.165) is 37.1 Å². The molecular formula is C26H27ClN6O. The lowest BCUT2D eigenvalue weighted by Gasteiger charge is -2.30. The second-order valence-electron chi connectivity index (χ2n) is 8.85. The number of hydrogen-bond donors (Lipinski definition) is 1. The van der Waals surface area contributed by atoms with Crippen LogP contribution >= 0.6 is 11.6 Å². The Balaban J connectivity index is 1.57. The number of likely N-dealkylation sites (tertiary alicyclic amines) is 1. The average molecular weight is 475 g/mol. The Morgan fingerprint density at radius 1 is 0.971 bits per heavy atom. The van der Waals surface area contributed by atoms with E-state index in [0.29, 0.717) is 27.4 Å². The van der Waals surface area contributed by atoms with Crippen molar-refractivity contribution in [3.05, 3.63) is 65.7 Å². The lowest BCUT2D eigenvalue weighted by molar-refractivity contribution is -0.125. The highest BCUT2D eigenvalue weighted by Crippen LogP contribution is 2.38. The lowest BCUT2D eigenvalue weighted by Crippen LogP contribution is -2.45. The maximum absolute atomic E-state index is 13.2. The van der Waals surface area contributed by atoms with Gasteiger partial charge < -0.3 is 10.2 Å². The summed E-state index contributed by atoms with van der Waals surface area (Å²) in [6, 6.07) is 19.2. The zero-order chi connectivity index (χ0) is 23.7. The zero-order valence-electron chi connectivity index (χ0n) is 19.3. The molecule has 4 aromatic rings. The summed E-state index contributed by atoms with van der Waals surface area (Å²) in [6.07, 6.45) is 1.88. The monoisotopic (exact) mass is 474 g/mol. The predicted octanol–water partition coefficient (Wildman–Crippen LogP) is 4.59. The van der Waals surface area contributed by atoms with E-state index in [1.165, 1.54) is 0 Å². The van der Waals surface area contributed by atoms with Gasteiger partial charge in [-0.1, -0.05) is 72.3 Å². The third kappa shape index (κ3) is 4.29. The van der Waals surface area contributed by atoms with Crippen LogP contribution in [-0.2, 0) is 4.79 Å². The van der Waals surface area contributed by atoms with Crippen molar-refractivity contribution < 1.29 is 4.79 Å². The Morgan fingerprint density at radius 3 is 2.18 bits per heavy atom. The van der Waals surface area contributed by atoms with Gasteiger partial charge in [-0.3, -0.25) is 4.79 Å². The molecule has 1 fully saturated rings. The number of nitrogens with one attached hydrogen (secondary N) is 1. The van der Waals surface area contributed by atoms with E-state index >= 15 is 0 Å². The van der Waals surface area contributed by atoms with Crippen LogP contribution < -0.4 is 5.32 Å². The highest BCUT2D eigenvalue weighted by molar-refractivity contribution is 6.38. The number of piperidine rings is 1. The van der Waals surface area contributed by atoms with Crippen LogP contribution in [0.5, 0.6) is 0 Å². The van der Waals surface area contributed by atoms with Crippen LogP contribution in [0.1, 0.15) is 25.8 Å². The Morgan fingerprint density at radius 2 is 1.56 bits per heavy atom. The minimum absolute atomic E-state index is 0.0800. The highest BCUT2D eigenvalue weighted by Gasteiger charge is 2.27. The molecule has 7 nitrogen and oxygen atoms in total. The number of aromatic nitrogens is 4. The van der Waals surface area contributed by atoms with E-state index in [4.69, 9.17) is 16.7 Å². The first kappa shape index (κ1) is 22.5. The van der Waals surface area contributed by atoms with Crippen LogP contribution in [0.25, 0.3) is 33.5 Å². The first-order valence-electron chi connectivity index (χ1n) is 11.6. The van der Waals surface area contributed by atoms with Crippen LogP contribution in [0, 0.1) is 0 Å². The molecule has 1 unspecified atom stereocenters. The first-order valence-corrected chi connectivity index (χ1v) is 11.9. The molecule has 8 heteroatoms. The van der Waals surface area contributed by atoms with Gasteiger partial charge in [-0.05, 0) is 39.9 Å². The van der Waals surface area contributed by atoms with Crippen LogP contribution in [0.3, 0.4) is 0 Å². The second kappa shape index (κ2) is 9.52. The van der Waals surface area contributed by atoms with E-state index in [2.05, 4.69) is 27.5 Å². The molecule has 1 N–H and O–H groups in total. The van der Waals surface area contributed by atoms with Crippen LogP contribution in [0.4, 0.5) is 0 Å². The van der Waals surface area contributed by atoms with Gasteiger partial charge in [0.2, 0.25) is 5.91 Å². The number of hydrogen-bond acceptors (Lipinski definition) is 5. The standard InChI is InChI=1S/C26H27ClN6O/c1-17(26(34)28-20-13-15-32(2)16-14-20)33-25-21(23(31-33)18-9-5-3-6-10-18)22(27)24(29-30-25)19-11-7-4-8-12-19/h3-12,17,20H,13-16H2,1-2H3,(H,28,34). The van der Waals surface area contributed by atoms with Crippen molar-refractivity contribution >= 4 is 28.5 Å². The molecule has 1 aliphatic rings. The number of halogens is 1. The van der Waals surface area contributed by atoms with Gasteiger partial charge in [0.05, 0.1) is 10.4 Å². The largest absolute Gasteiger partial charge is 0.351 e.